The predicted molar refractivity (Wildman–Crippen MR) is 62.8 cm³/mol. The summed E-state index contributed by atoms with van der Waals surface area (Å²) < 4.78 is 13.1. The molecule has 0 atom stereocenters. The number of rotatable bonds is 2. The number of halogens is 1. The Morgan fingerprint density at radius 1 is 1.44 bits per heavy atom. The summed E-state index contributed by atoms with van der Waals surface area (Å²) >= 11 is 1.40. The van der Waals surface area contributed by atoms with Crippen LogP contribution >= 0.6 is 11.8 Å². The van der Waals surface area contributed by atoms with Crippen molar-refractivity contribution in [3.63, 3.8) is 0 Å². The molecule has 0 aliphatic rings. The second-order valence-electron chi connectivity index (χ2n) is 3.37. The third-order valence-corrected chi connectivity index (χ3v) is 3.08. The van der Waals surface area contributed by atoms with Crippen molar-refractivity contribution in [3.8, 4) is 6.07 Å². The van der Waals surface area contributed by atoms with Crippen molar-refractivity contribution in [2.24, 2.45) is 0 Å². The van der Waals surface area contributed by atoms with Crippen LogP contribution in [-0.4, -0.2) is 10.7 Å². The molecule has 2 aromatic rings. The first kappa shape index (κ1) is 10.9. The van der Waals surface area contributed by atoms with Crippen molar-refractivity contribution in [2.45, 2.75) is 11.8 Å². The molecule has 0 fully saturated rings. The molecule has 0 unspecified atom stereocenters. The van der Waals surface area contributed by atoms with Crippen LogP contribution in [0.4, 0.5) is 4.39 Å². The van der Waals surface area contributed by atoms with Gasteiger partial charge >= 0.3 is 0 Å². The summed E-state index contributed by atoms with van der Waals surface area (Å²) in [6, 6.07) is 8.46. The monoisotopic (exact) mass is 232 g/mol. The number of hydrogen-bond acceptors (Lipinski definition) is 3. The van der Waals surface area contributed by atoms with Gasteiger partial charge in [-0.25, -0.2) is 4.39 Å². The minimum atomic E-state index is -0.281. The molecule has 16 heavy (non-hydrogen) atoms. The van der Waals surface area contributed by atoms with Crippen molar-refractivity contribution in [2.75, 3.05) is 5.75 Å². The highest BCUT2D eigenvalue weighted by atomic mass is 32.2. The predicted octanol–water partition coefficient (Wildman–Crippen LogP) is 3.30. The van der Waals surface area contributed by atoms with Gasteiger partial charge in [-0.1, -0.05) is 0 Å². The van der Waals surface area contributed by atoms with Crippen LogP contribution in [0, 0.1) is 24.1 Å². The van der Waals surface area contributed by atoms with Crippen LogP contribution in [0.3, 0.4) is 0 Å². The van der Waals surface area contributed by atoms with Gasteiger partial charge in [-0.3, -0.25) is 4.98 Å². The minimum absolute atomic E-state index is 0.281. The van der Waals surface area contributed by atoms with Gasteiger partial charge in [0, 0.05) is 16.0 Å². The van der Waals surface area contributed by atoms with E-state index in [0.29, 0.717) is 5.75 Å². The van der Waals surface area contributed by atoms with Crippen LogP contribution in [-0.2, 0) is 0 Å². The molecule has 0 saturated carbocycles. The average Bonchev–Trinajstić information content (AvgIpc) is 2.26. The molecule has 0 saturated heterocycles. The van der Waals surface area contributed by atoms with Crippen LogP contribution in [0.25, 0.3) is 10.9 Å². The number of hydrogen-bond donors (Lipinski definition) is 0. The molecule has 80 valence electrons. The van der Waals surface area contributed by atoms with Gasteiger partial charge in [0.25, 0.3) is 0 Å². The third-order valence-electron chi connectivity index (χ3n) is 2.15. The second kappa shape index (κ2) is 4.50. The van der Waals surface area contributed by atoms with Gasteiger partial charge in [0.2, 0.25) is 0 Å². The molecule has 4 heteroatoms. The Kier molecular flexibility index (Phi) is 3.07. The van der Waals surface area contributed by atoms with Gasteiger partial charge in [0.1, 0.15) is 5.82 Å². The van der Waals surface area contributed by atoms with E-state index in [1.807, 2.05) is 13.0 Å². The molecule has 1 heterocycles. The maximum absolute atomic E-state index is 13.1. The molecule has 2 nitrogen and oxygen atoms in total. The number of nitriles is 1. The van der Waals surface area contributed by atoms with E-state index < -0.39 is 0 Å². The first-order chi connectivity index (χ1) is 7.70. The zero-order valence-electron chi connectivity index (χ0n) is 8.70. The highest BCUT2D eigenvalue weighted by molar-refractivity contribution is 7.99. The number of aromatic nitrogens is 1. The van der Waals surface area contributed by atoms with Gasteiger partial charge in [0.05, 0.1) is 17.3 Å². The van der Waals surface area contributed by atoms with E-state index in [9.17, 15) is 4.39 Å². The van der Waals surface area contributed by atoms with Gasteiger partial charge in [-0.2, -0.15) is 5.26 Å². The Morgan fingerprint density at radius 2 is 2.25 bits per heavy atom. The van der Waals surface area contributed by atoms with Crippen molar-refractivity contribution in [3.05, 3.63) is 35.8 Å². The summed E-state index contributed by atoms with van der Waals surface area (Å²) in [5, 5.41) is 9.33. The number of nitrogens with zero attached hydrogens (tertiary/aromatic N) is 2. The van der Waals surface area contributed by atoms with E-state index in [4.69, 9.17) is 5.26 Å². The van der Waals surface area contributed by atoms with Crippen molar-refractivity contribution >= 4 is 22.7 Å². The molecule has 2 rings (SSSR count). The van der Waals surface area contributed by atoms with E-state index in [1.165, 1.54) is 23.9 Å². The Labute approximate surface area is 97.1 Å². The zero-order chi connectivity index (χ0) is 11.5. The first-order valence-electron chi connectivity index (χ1n) is 4.77. The standard InChI is InChI=1S/C12H9FN2S/c1-8-6-12(16-5-4-14)10-7-9(13)2-3-11(10)15-8/h2-3,6-7H,5H2,1H3. The first-order valence-corrected chi connectivity index (χ1v) is 5.76. The smallest absolute Gasteiger partial charge is 0.124 e. The number of aryl methyl sites for hydroxylation is 1. The molecular weight excluding hydrogens is 223 g/mol. The quantitative estimate of drug-likeness (QED) is 0.745. The third kappa shape index (κ3) is 2.15. The highest BCUT2D eigenvalue weighted by Crippen LogP contribution is 2.28. The molecule has 0 spiro atoms. The molecule has 1 aromatic heterocycles. The molecular formula is C12H9FN2S. The van der Waals surface area contributed by atoms with Crippen LogP contribution in [0.2, 0.25) is 0 Å². The van der Waals surface area contributed by atoms with Crippen LogP contribution in [0.15, 0.2) is 29.2 Å². The molecule has 0 bridgehead atoms. The van der Waals surface area contributed by atoms with Crippen molar-refractivity contribution in [1.82, 2.24) is 4.98 Å². The van der Waals surface area contributed by atoms with E-state index >= 15 is 0 Å². The van der Waals surface area contributed by atoms with E-state index in [2.05, 4.69) is 11.1 Å². The summed E-state index contributed by atoms with van der Waals surface area (Å²) in [6.07, 6.45) is 0. The maximum atomic E-state index is 13.1. The van der Waals surface area contributed by atoms with Crippen molar-refractivity contribution < 1.29 is 4.39 Å². The Bertz CT molecular complexity index is 575. The second-order valence-corrected chi connectivity index (χ2v) is 4.39. The van der Waals surface area contributed by atoms with E-state index in [-0.39, 0.29) is 5.82 Å². The molecule has 0 aliphatic heterocycles. The SMILES string of the molecule is Cc1cc(SCC#N)c2cc(F)ccc2n1. The van der Waals surface area contributed by atoms with Gasteiger partial charge in [-0.05, 0) is 31.2 Å². The molecule has 0 N–H and O–H groups in total. The fourth-order valence-corrected chi connectivity index (χ4v) is 2.32. The Morgan fingerprint density at radius 3 is 3.00 bits per heavy atom. The maximum Gasteiger partial charge on any atom is 0.124 e. The summed E-state index contributed by atoms with van der Waals surface area (Å²) in [5.41, 5.74) is 1.64. The lowest BCUT2D eigenvalue weighted by Gasteiger charge is -2.05. The Balaban J connectivity index is 2.61. The summed E-state index contributed by atoms with van der Waals surface area (Å²) in [4.78, 5) is 5.23. The fourth-order valence-electron chi connectivity index (χ4n) is 1.52. The lowest BCUT2D eigenvalue weighted by atomic mass is 10.2. The highest BCUT2D eigenvalue weighted by Gasteiger charge is 2.05. The lowest BCUT2D eigenvalue weighted by Crippen LogP contribution is -1.88. The van der Waals surface area contributed by atoms with Crippen molar-refractivity contribution in [1.29, 1.82) is 5.26 Å². The van der Waals surface area contributed by atoms with Gasteiger partial charge < -0.3 is 0 Å². The fraction of sp³-hybridized carbons (Fsp3) is 0.167. The number of pyridine rings is 1. The molecule has 0 radical (unpaired) electrons. The van der Waals surface area contributed by atoms with Crippen LogP contribution in [0.1, 0.15) is 5.69 Å². The minimum Gasteiger partial charge on any atom is -0.253 e. The van der Waals surface area contributed by atoms with Crippen LogP contribution in [0.5, 0.6) is 0 Å². The number of benzene rings is 1. The number of fused-ring (bicyclic) bond motifs is 1. The summed E-state index contributed by atoms with van der Waals surface area (Å²) in [7, 11) is 0. The lowest BCUT2D eigenvalue weighted by molar-refractivity contribution is 0.629. The van der Waals surface area contributed by atoms with Gasteiger partial charge in [-0.15, -0.1) is 11.8 Å². The van der Waals surface area contributed by atoms with E-state index in [1.54, 1.807) is 6.07 Å². The van der Waals surface area contributed by atoms with Gasteiger partial charge in [0.15, 0.2) is 0 Å². The summed E-state index contributed by atoms with van der Waals surface area (Å²) in [5.74, 6) is 0.0756. The summed E-state index contributed by atoms with van der Waals surface area (Å²) in [6.45, 7) is 1.89. The topological polar surface area (TPSA) is 36.7 Å². The molecule has 0 aliphatic carbocycles. The Hall–Kier alpha value is -1.60. The average molecular weight is 232 g/mol. The largest absolute Gasteiger partial charge is 0.253 e. The zero-order valence-corrected chi connectivity index (χ0v) is 9.51. The van der Waals surface area contributed by atoms with E-state index in [0.717, 1.165) is 21.5 Å². The number of thioether (sulfide) groups is 1. The molecule has 1 aromatic carbocycles. The molecule has 0 amide bonds. The normalized spacial score (nSPS) is 10.3. The van der Waals surface area contributed by atoms with Crippen LogP contribution < -0.4 is 0 Å².